The van der Waals surface area contributed by atoms with Crippen LogP contribution in [0.15, 0.2) is 55.1 Å². The van der Waals surface area contributed by atoms with E-state index in [-0.39, 0.29) is 12.1 Å². The first kappa shape index (κ1) is 25.0. The number of ether oxygens (including phenoxy) is 1. The van der Waals surface area contributed by atoms with Crippen LogP contribution in [0.1, 0.15) is 25.7 Å². The molecule has 0 amide bonds. The number of pyridine rings is 1. The zero-order valence-corrected chi connectivity index (χ0v) is 20.2. The SMILES string of the molecule is Cn1cnc2c(Nc3ccn(-c4ccccn4)n3)cc(O[C@H]3CC[C@@H](NCC(O)C(F)(F)F)CC3)cc21. The van der Waals surface area contributed by atoms with Crippen LogP contribution in [0.2, 0.25) is 0 Å². The number of imidazole rings is 1. The van der Waals surface area contributed by atoms with Gasteiger partial charge in [-0.15, -0.1) is 5.10 Å². The molecule has 1 atom stereocenters. The summed E-state index contributed by atoms with van der Waals surface area (Å²) in [5, 5.41) is 19.9. The summed E-state index contributed by atoms with van der Waals surface area (Å²) in [4.78, 5) is 8.83. The van der Waals surface area contributed by atoms with Crippen molar-refractivity contribution in [2.24, 2.45) is 7.05 Å². The van der Waals surface area contributed by atoms with Gasteiger partial charge in [0, 0.05) is 50.2 Å². The average molecular weight is 516 g/mol. The third-order valence-electron chi connectivity index (χ3n) is 6.49. The van der Waals surface area contributed by atoms with Gasteiger partial charge in [0.15, 0.2) is 17.7 Å². The second kappa shape index (κ2) is 10.4. The molecule has 37 heavy (non-hydrogen) atoms. The van der Waals surface area contributed by atoms with E-state index < -0.39 is 18.8 Å². The zero-order chi connectivity index (χ0) is 26.0. The highest BCUT2D eigenvalue weighted by Crippen LogP contribution is 2.33. The molecule has 1 saturated carbocycles. The van der Waals surface area contributed by atoms with Crippen molar-refractivity contribution in [3.8, 4) is 11.6 Å². The average Bonchev–Trinajstić information content (AvgIpc) is 3.50. The smallest absolute Gasteiger partial charge is 0.415 e. The Morgan fingerprint density at radius 3 is 2.68 bits per heavy atom. The summed E-state index contributed by atoms with van der Waals surface area (Å²) < 4.78 is 47.5. The van der Waals surface area contributed by atoms with Crippen molar-refractivity contribution in [2.45, 2.75) is 50.1 Å². The lowest BCUT2D eigenvalue weighted by Crippen LogP contribution is -2.44. The Morgan fingerprint density at radius 2 is 1.95 bits per heavy atom. The lowest BCUT2D eigenvalue weighted by molar-refractivity contribution is -0.202. The van der Waals surface area contributed by atoms with Gasteiger partial charge >= 0.3 is 6.18 Å². The van der Waals surface area contributed by atoms with E-state index in [2.05, 4.69) is 25.7 Å². The molecule has 0 saturated heterocycles. The molecule has 3 heterocycles. The van der Waals surface area contributed by atoms with Gasteiger partial charge in [0.25, 0.3) is 0 Å². The van der Waals surface area contributed by atoms with Crippen LogP contribution >= 0.6 is 0 Å². The number of anilines is 2. The maximum Gasteiger partial charge on any atom is 0.415 e. The van der Waals surface area contributed by atoms with Crippen LogP contribution in [0.4, 0.5) is 24.7 Å². The van der Waals surface area contributed by atoms with E-state index in [9.17, 15) is 18.3 Å². The molecule has 0 bridgehead atoms. The van der Waals surface area contributed by atoms with Crippen molar-refractivity contribution in [1.29, 1.82) is 0 Å². The molecule has 1 aliphatic carbocycles. The number of halogens is 3. The molecule has 3 aromatic heterocycles. The highest BCUT2D eigenvalue weighted by Gasteiger charge is 2.38. The zero-order valence-electron chi connectivity index (χ0n) is 20.2. The fourth-order valence-electron chi connectivity index (χ4n) is 4.48. The fourth-order valence-corrected chi connectivity index (χ4v) is 4.48. The molecule has 9 nitrogen and oxygen atoms in total. The van der Waals surface area contributed by atoms with Gasteiger partial charge in [0.05, 0.1) is 23.6 Å². The molecule has 1 aliphatic rings. The quantitative estimate of drug-likeness (QED) is 0.325. The van der Waals surface area contributed by atoms with Gasteiger partial charge in [-0.05, 0) is 37.8 Å². The Kier molecular flexibility index (Phi) is 7.02. The van der Waals surface area contributed by atoms with Crippen LogP contribution in [0.3, 0.4) is 0 Å². The number of aromatic nitrogens is 5. The molecule has 1 unspecified atom stereocenters. The second-order valence-electron chi connectivity index (χ2n) is 9.21. The van der Waals surface area contributed by atoms with Crippen LogP contribution in [0, 0.1) is 0 Å². The molecule has 1 aromatic carbocycles. The monoisotopic (exact) mass is 515 g/mol. The highest BCUT2D eigenvalue weighted by atomic mass is 19.4. The number of aryl methyl sites for hydroxylation is 1. The van der Waals surface area contributed by atoms with Crippen LogP contribution in [-0.2, 0) is 7.05 Å². The topological polar surface area (TPSA) is 102 Å². The van der Waals surface area contributed by atoms with Gasteiger partial charge in [0.2, 0.25) is 0 Å². The van der Waals surface area contributed by atoms with Crippen molar-refractivity contribution in [1.82, 2.24) is 29.6 Å². The molecule has 0 radical (unpaired) electrons. The van der Waals surface area contributed by atoms with E-state index in [0.29, 0.717) is 43.1 Å². The first-order valence-electron chi connectivity index (χ1n) is 12.1. The lowest BCUT2D eigenvalue weighted by Gasteiger charge is -2.30. The van der Waals surface area contributed by atoms with E-state index in [1.165, 1.54) is 0 Å². The van der Waals surface area contributed by atoms with Gasteiger partial charge in [-0.1, -0.05) is 6.07 Å². The number of alkyl halides is 3. The largest absolute Gasteiger partial charge is 0.490 e. The molecule has 3 N–H and O–H groups in total. The number of nitrogens with zero attached hydrogens (tertiary/aromatic N) is 5. The van der Waals surface area contributed by atoms with Crippen molar-refractivity contribution < 1.29 is 23.0 Å². The Hall–Kier alpha value is -3.64. The predicted molar refractivity (Wildman–Crippen MR) is 132 cm³/mol. The molecule has 0 aliphatic heterocycles. The van der Waals surface area contributed by atoms with Crippen molar-refractivity contribution in [3.05, 3.63) is 55.1 Å². The summed E-state index contributed by atoms with van der Waals surface area (Å²) in [5.74, 6) is 2.00. The molecule has 5 rings (SSSR count). The molecule has 0 spiro atoms. The van der Waals surface area contributed by atoms with E-state index in [4.69, 9.17) is 4.74 Å². The minimum atomic E-state index is -4.61. The highest BCUT2D eigenvalue weighted by molar-refractivity contribution is 5.91. The lowest BCUT2D eigenvalue weighted by atomic mass is 9.93. The predicted octanol–water partition coefficient (Wildman–Crippen LogP) is 4.10. The Bertz CT molecular complexity index is 1330. The minimum Gasteiger partial charge on any atom is -0.490 e. The summed E-state index contributed by atoms with van der Waals surface area (Å²) in [6, 6.07) is 11.2. The maximum absolute atomic E-state index is 12.5. The number of aliphatic hydroxyl groups excluding tert-OH is 1. The normalized spacial score (nSPS) is 19.2. The molecule has 1 fully saturated rings. The molecule has 12 heteroatoms. The van der Waals surface area contributed by atoms with Gasteiger partial charge in [0.1, 0.15) is 11.3 Å². The van der Waals surface area contributed by atoms with E-state index in [1.54, 1.807) is 17.2 Å². The number of benzene rings is 1. The number of nitrogens with one attached hydrogen (secondary N) is 2. The number of hydrogen-bond donors (Lipinski definition) is 3. The van der Waals surface area contributed by atoms with Crippen molar-refractivity contribution >= 4 is 22.5 Å². The molecule has 196 valence electrons. The summed E-state index contributed by atoms with van der Waals surface area (Å²) in [7, 11) is 1.91. The van der Waals surface area contributed by atoms with E-state index >= 15 is 0 Å². The summed E-state index contributed by atoms with van der Waals surface area (Å²) in [6.07, 6.45) is 0.956. The van der Waals surface area contributed by atoms with Crippen LogP contribution < -0.4 is 15.4 Å². The molecule has 4 aromatic rings. The van der Waals surface area contributed by atoms with Gasteiger partial charge in [-0.3, -0.25) is 0 Å². The number of aliphatic hydroxyl groups is 1. The van der Waals surface area contributed by atoms with E-state index in [1.807, 2.05) is 54.2 Å². The summed E-state index contributed by atoms with van der Waals surface area (Å²) in [5.41, 5.74) is 2.41. The summed E-state index contributed by atoms with van der Waals surface area (Å²) >= 11 is 0. The van der Waals surface area contributed by atoms with Crippen LogP contribution in [-0.4, -0.2) is 60.4 Å². The summed E-state index contributed by atoms with van der Waals surface area (Å²) in [6.45, 7) is -0.498. The van der Waals surface area contributed by atoms with Crippen molar-refractivity contribution in [2.75, 3.05) is 11.9 Å². The van der Waals surface area contributed by atoms with Crippen LogP contribution in [0.5, 0.6) is 5.75 Å². The van der Waals surface area contributed by atoms with Gasteiger partial charge in [-0.2, -0.15) is 13.2 Å². The maximum atomic E-state index is 12.5. The minimum absolute atomic E-state index is 0.0625. The fraction of sp³-hybridized carbons (Fsp3) is 0.400. The standard InChI is InChI=1S/C25H28F3N7O2/c1-34-15-31-24-19(32-22-9-11-35(33-22)23-4-2-3-10-29-23)12-18(13-20(24)34)37-17-7-5-16(6-8-17)30-14-21(36)25(26,27)28/h2-4,9-13,15-17,21,30,36H,5-8,14H2,1H3,(H,32,33)/t16-,17+,21?. The van der Waals surface area contributed by atoms with Crippen molar-refractivity contribution in [3.63, 3.8) is 0 Å². The first-order valence-corrected chi connectivity index (χ1v) is 12.1. The number of hydrogen-bond acceptors (Lipinski definition) is 7. The first-order chi connectivity index (χ1) is 17.8. The second-order valence-corrected chi connectivity index (χ2v) is 9.21. The van der Waals surface area contributed by atoms with Gasteiger partial charge in [-0.25, -0.2) is 14.6 Å². The number of fused-ring (bicyclic) bond motifs is 1. The Morgan fingerprint density at radius 1 is 1.14 bits per heavy atom. The van der Waals surface area contributed by atoms with E-state index in [0.717, 1.165) is 16.7 Å². The Labute approximate surface area is 211 Å². The number of rotatable bonds is 8. The van der Waals surface area contributed by atoms with Crippen LogP contribution in [0.25, 0.3) is 16.9 Å². The third-order valence-corrected chi connectivity index (χ3v) is 6.49. The Balaban J connectivity index is 1.25. The third kappa shape index (κ3) is 5.86. The molecular formula is C25H28F3N7O2. The van der Waals surface area contributed by atoms with Gasteiger partial charge < -0.3 is 25.0 Å². The molecular weight excluding hydrogens is 487 g/mol.